The van der Waals surface area contributed by atoms with Gasteiger partial charge in [-0.1, -0.05) is 43.2 Å². The summed E-state index contributed by atoms with van der Waals surface area (Å²) in [6.07, 6.45) is 8.04. The maximum atomic E-state index is 13.3. The van der Waals surface area contributed by atoms with Crippen LogP contribution in [-0.4, -0.2) is 44.8 Å². The van der Waals surface area contributed by atoms with Crippen molar-refractivity contribution in [3.05, 3.63) is 42.1 Å². The number of carbonyl (C=O) groups is 2. The van der Waals surface area contributed by atoms with E-state index in [2.05, 4.69) is 9.78 Å². The number of likely N-dealkylation sites (tertiary alicyclic amines) is 1. The molecule has 1 saturated heterocycles. The van der Waals surface area contributed by atoms with Crippen LogP contribution in [0.2, 0.25) is 0 Å². The largest absolute Gasteiger partial charge is 0.481 e. The summed E-state index contributed by atoms with van der Waals surface area (Å²) in [6, 6.07) is 10.4. The molecule has 2 aromatic rings. The lowest BCUT2D eigenvalue weighted by atomic mass is 9.93. The Morgan fingerprint density at radius 1 is 1.04 bits per heavy atom. The van der Waals surface area contributed by atoms with E-state index in [1.807, 2.05) is 35.2 Å². The minimum atomic E-state index is -0.756. The van der Waals surface area contributed by atoms with E-state index < -0.39 is 5.97 Å². The molecule has 148 valence electrons. The number of hydrogen-bond acceptors (Lipinski definition) is 3. The van der Waals surface area contributed by atoms with Crippen molar-refractivity contribution in [2.45, 2.75) is 51.0 Å². The number of hydrogen-bond donors (Lipinski definition) is 1. The molecule has 1 aliphatic heterocycles. The molecule has 2 heterocycles. The highest BCUT2D eigenvalue weighted by Gasteiger charge is 2.30. The molecule has 0 atom stereocenters. The van der Waals surface area contributed by atoms with Gasteiger partial charge in [-0.05, 0) is 31.6 Å². The summed E-state index contributed by atoms with van der Waals surface area (Å²) in [4.78, 5) is 26.1. The first-order valence-corrected chi connectivity index (χ1v) is 10.3. The average Bonchev–Trinajstić information content (AvgIpc) is 3.38. The van der Waals surface area contributed by atoms with E-state index >= 15 is 0 Å². The van der Waals surface area contributed by atoms with Crippen molar-refractivity contribution in [2.75, 3.05) is 13.1 Å². The molecule has 0 bridgehead atoms. The van der Waals surface area contributed by atoms with Crippen LogP contribution in [0.25, 0.3) is 11.3 Å². The Morgan fingerprint density at radius 3 is 2.36 bits per heavy atom. The van der Waals surface area contributed by atoms with E-state index in [4.69, 9.17) is 5.11 Å². The molecule has 4 rings (SSSR count). The molecule has 1 saturated carbocycles. The second-order valence-electron chi connectivity index (χ2n) is 7.99. The molecular formula is C22H27N3O3. The second kappa shape index (κ2) is 8.17. The SMILES string of the molecule is O=C(O)CC1CCN(C(=O)c2cnn(C3CCCC3)c2-c2ccccc2)CC1. The van der Waals surface area contributed by atoms with Crippen LogP contribution in [0.5, 0.6) is 0 Å². The van der Waals surface area contributed by atoms with Crippen LogP contribution in [-0.2, 0) is 4.79 Å². The monoisotopic (exact) mass is 381 g/mol. The smallest absolute Gasteiger partial charge is 0.303 e. The number of nitrogens with zero attached hydrogens (tertiary/aromatic N) is 3. The molecule has 6 heteroatoms. The van der Waals surface area contributed by atoms with Gasteiger partial charge in [-0.25, -0.2) is 0 Å². The maximum Gasteiger partial charge on any atom is 0.303 e. The average molecular weight is 381 g/mol. The van der Waals surface area contributed by atoms with Gasteiger partial charge in [0.25, 0.3) is 5.91 Å². The molecule has 1 amide bonds. The minimum Gasteiger partial charge on any atom is -0.481 e. The highest BCUT2D eigenvalue weighted by atomic mass is 16.4. The maximum absolute atomic E-state index is 13.3. The van der Waals surface area contributed by atoms with Crippen LogP contribution < -0.4 is 0 Å². The third kappa shape index (κ3) is 3.81. The zero-order valence-corrected chi connectivity index (χ0v) is 16.1. The predicted octanol–water partition coefficient (Wildman–Crippen LogP) is 3.99. The van der Waals surface area contributed by atoms with Crippen molar-refractivity contribution in [3.63, 3.8) is 0 Å². The number of rotatable bonds is 5. The van der Waals surface area contributed by atoms with Crippen LogP contribution in [0.15, 0.2) is 36.5 Å². The summed E-state index contributed by atoms with van der Waals surface area (Å²) in [5.41, 5.74) is 2.61. The zero-order chi connectivity index (χ0) is 19.5. The minimum absolute atomic E-state index is 0.0110. The molecule has 1 aromatic heterocycles. The van der Waals surface area contributed by atoms with Gasteiger partial charge in [0.2, 0.25) is 0 Å². The van der Waals surface area contributed by atoms with Crippen molar-refractivity contribution < 1.29 is 14.7 Å². The standard InChI is InChI=1S/C22H27N3O3/c26-20(27)14-16-10-12-24(13-11-16)22(28)19-15-23-25(18-8-4-5-9-18)21(19)17-6-2-1-3-7-17/h1-3,6-7,15-16,18H,4-5,8-14H2,(H,26,27). The highest BCUT2D eigenvalue weighted by molar-refractivity contribution is 6.00. The Bertz CT molecular complexity index is 832. The number of piperidine rings is 1. The van der Waals surface area contributed by atoms with Gasteiger partial charge in [0.1, 0.15) is 0 Å². The van der Waals surface area contributed by atoms with Crippen molar-refractivity contribution in [3.8, 4) is 11.3 Å². The molecule has 28 heavy (non-hydrogen) atoms. The number of carbonyl (C=O) groups excluding carboxylic acids is 1. The Balaban J connectivity index is 1.59. The van der Waals surface area contributed by atoms with Crippen LogP contribution in [0.3, 0.4) is 0 Å². The van der Waals surface area contributed by atoms with Crippen LogP contribution in [0, 0.1) is 5.92 Å². The molecule has 0 unspecified atom stereocenters. The lowest BCUT2D eigenvalue weighted by Gasteiger charge is -2.31. The van der Waals surface area contributed by atoms with E-state index in [9.17, 15) is 9.59 Å². The first kappa shape index (κ1) is 18.7. The Hall–Kier alpha value is -2.63. The number of carboxylic acid groups (broad SMARTS) is 1. The molecular weight excluding hydrogens is 354 g/mol. The van der Waals surface area contributed by atoms with E-state index in [1.165, 1.54) is 12.8 Å². The lowest BCUT2D eigenvalue weighted by Crippen LogP contribution is -2.39. The lowest BCUT2D eigenvalue weighted by molar-refractivity contribution is -0.138. The Morgan fingerprint density at radius 2 is 1.71 bits per heavy atom. The fourth-order valence-corrected chi connectivity index (χ4v) is 4.59. The Labute approximate surface area is 165 Å². The summed E-state index contributed by atoms with van der Waals surface area (Å²) in [7, 11) is 0. The Kier molecular flexibility index (Phi) is 5.46. The van der Waals surface area contributed by atoms with Gasteiger partial charge in [-0.2, -0.15) is 5.10 Å². The molecule has 2 aliphatic rings. The number of carboxylic acids is 1. The molecule has 1 aromatic carbocycles. The van der Waals surface area contributed by atoms with Gasteiger partial charge in [0.05, 0.1) is 23.5 Å². The summed E-state index contributed by atoms with van der Waals surface area (Å²) in [5.74, 6) is -0.581. The van der Waals surface area contributed by atoms with Crippen LogP contribution in [0.4, 0.5) is 0 Å². The van der Waals surface area contributed by atoms with E-state index in [1.54, 1.807) is 6.20 Å². The number of amides is 1. The van der Waals surface area contributed by atoms with Crippen LogP contribution in [0.1, 0.15) is 61.3 Å². The molecule has 1 aliphatic carbocycles. The normalized spacial score (nSPS) is 18.5. The highest BCUT2D eigenvalue weighted by Crippen LogP contribution is 2.35. The molecule has 6 nitrogen and oxygen atoms in total. The van der Waals surface area contributed by atoms with Crippen molar-refractivity contribution in [1.29, 1.82) is 0 Å². The van der Waals surface area contributed by atoms with Gasteiger partial charge in [-0.15, -0.1) is 0 Å². The fraction of sp³-hybridized carbons (Fsp3) is 0.500. The molecule has 0 spiro atoms. The van der Waals surface area contributed by atoms with E-state index in [0.29, 0.717) is 24.7 Å². The summed E-state index contributed by atoms with van der Waals surface area (Å²) in [6.45, 7) is 1.22. The first-order valence-electron chi connectivity index (χ1n) is 10.3. The van der Waals surface area contributed by atoms with Crippen molar-refractivity contribution >= 4 is 11.9 Å². The van der Waals surface area contributed by atoms with E-state index in [-0.39, 0.29) is 18.2 Å². The van der Waals surface area contributed by atoms with Crippen LogP contribution >= 0.6 is 0 Å². The van der Waals surface area contributed by atoms with Crippen molar-refractivity contribution in [2.24, 2.45) is 5.92 Å². The molecule has 0 radical (unpaired) electrons. The van der Waals surface area contributed by atoms with Gasteiger partial charge in [0, 0.05) is 25.1 Å². The van der Waals surface area contributed by atoms with Crippen molar-refractivity contribution in [1.82, 2.24) is 14.7 Å². The van der Waals surface area contributed by atoms with Gasteiger partial charge in [0.15, 0.2) is 0 Å². The second-order valence-corrected chi connectivity index (χ2v) is 7.99. The van der Waals surface area contributed by atoms with Gasteiger partial charge in [-0.3, -0.25) is 14.3 Å². The van der Waals surface area contributed by atoms with E-state index in [0.717, 1.165) is 36.9 Å². The zero-order valence-electron chi connectivity index (χ0n) is 16.1. The molecule has 1 N–H and O–H groups in total. The third-order valence-electron chi connectivity index (χ3n) is 6.11. The fourth-order valence-electron chi connectivity index (χ4n) is 4.59. The summed E-state index contributed by atoms with van der Waals surface area (Å²) in [5, 5.41) is 13.6. The molecule has 2 fully saturated rings. The topological polar surface area (TPSA) is 75.4 Å². The predicted molar refractivity (Wildman–Crippen MR) is 106 cm³/mol. The summed E-state index contributed by atoms with van der Waals surface area (Å²) >= 11 is 0. The van der Waals surface area contributed by atoms with Gasteiger partial charge < -0.3 is 10.0 Å². The number of aliphatic carboxylic acids is 1. The first-order chi connectivity index (χ1) is 13.6. The third-order valence-corrected chi connectivity index (χ3v) is 6.11. The number of aromatic nitrogens is 2. The quantitative estimate of drug-likeness (QED) is 0.850. The summed E-state index contributed by atoms with van der Waals surface area (Å²) < 4.78 is 2.06. The van der Waals surface area contributed by atoms with Gasteiger partial charge >= 0.3 is 5.97 Å². The number of benzene rings is 1.